The van der Waals surface area contributed by atoms with Crippen molar-refractivity contribution in [2.75, 3.05) is 0 Å². The summed E-state index contributed by atoms with van der Waals surface area (Å²) < 4.78 is 1.74. The van der Waals surface area contributed by atoms with E-state index in [1.807, 2.05) is 0 Å². The van der Waals surface area contributed by atoms with Crippen LogP contribution < -0.4 is 0 Å². The van der Waals surface area contributed by atoms with E-state index in [0.717, 1.165) is 18.7 Å². The lowest BCUT2D eigenvalue weighted by Gasteiger charge is -2.07. The van der Waals surface area contributed by atoms with Crippen LogP contribution in [0.15, 0.2) is 0 Å². The van der Waals surface area contributed by atoms with Crippen molar-refractivity contribution in [2.45, 2.75) is 71.8 Å². The first-order valence-electron chi connectivity index (χ1n) is 7.63. The monoisotopic (exact) mass is 282 g/mol. The first-order valence-corrected chi connectivity index (χ1v) is 7.63. The van der Waals surface area contributed by atoms with Crippen molar-refractivity contribution >= 4 is 5.97 Å². The van der Waals surface area contributed by atoms with Gasteiger partial charge in [-0.05, 0) is 23.3 Å². The molecule has 1 rings (SSSR count). The molecule has 20 heavy (non-hydrogen) atoms. The number of unbranched alkanes of at least 4 members (excludes halogenated alkanes) is 5. The van der Waals surface area contributed by atoms with Gasteiger partial charge in [0.05, 0.1) is 5.92 Å². The van der Waals surface area contributed by atoms with E-state index in [4.69, 9.17) is 5.11 Å². The molecule has 0 saturated heterocycles. The van der Waals surface area contributed by atoms with Crippen molar-refractivity contribution in [1.29, 1.82) is 0 Å². The normalized spacial score (nSPS) is 12.5. The number of hydrogen-bond donors (Lipinski definition) is 1. The van der Waals surface area contributed by atoms with Crippen LogP contribution in [0, 0.1) is 5.92 Å². The molecule has 0 spiro atoms. The number of tetrazole rings is 1. The zero-order valence-electron chi connectivity index (χ0n) is 12.6. The van der Waals surface area contributed by atoms with Gasteiger partial charge in [-0.15, -0.1) is 5.10 Å². The molecule has 1 aromatic heterocycles. The number of carbonyl (C=O) groups is 1. The van der Waals surface area contributed by atoms with E-state index in [-0.39, 0.29) is 5.92 Å². The molecule has 0 bridgehead atoms. The Morgan fingerprint density at radius 1 is 1.25 bits per heavy atom. The van der Waals surface area contributed by atoms with Gasteiger partial charge in [0.15, 0.2) is 5.82 Å². The van der Waals surface area contributed by atoms with Gasteiger partial charge in [-0.1, -0.05) is 46.0 Å². The first-order chi connectivity index (χ1) is 9.65. The van der Waals surface area contributed by atoms with Crippen molar-refractivity contribution in [3.05, 3.63) is 5.82 Å². The summed E-state index contributed by atoms with van der Waals surface area (Å²) in [5.41, 5.74) is 0. The molecule has 0 aromatic carbocycles. The van der Waals surface area contributed by atoms with E-state index < -0.39 is 5.97 Å². The smallest absolute Gasteiger partial charge is 0.306 e. The second-order valence-electron chi connectivity index (χ2n) is 5.36. The Hall–Kier alpha value is -1.46. The fourth-order valence-electron chi connectivity index (χ4n) is 2.08. The summed E-state index contributed by atoms with van der Waals surface area (Å²) >= 11 is 0. The minimum atomic E-state index is -0.768. The van der Waals surface area contributed by atoms with Crippen LogP contribution in [0.4, 0.5) is 0 Å². The average Bonchev–Trinajstić information content (AvgIpc) is 2.87. The lowest BCUT2D eigenvalue weighted by molar-refractivity contribution is -0.141. The van der Waals surface area contributed by atoms with Crippen LogP contribution in [0.2, 0.25) is 0 Å². The Bertz CT molecular complexity index is 392. The van der Waals surface area contributed by atoms with E-state index in [2.05, 4.69) is 22.4 Å². The van der Waals surface area contributed by atoms with Gasteiger partial charge in [0.2, 0.25) is 0 Å². The number of carboxylic acids is 1. The zero-order chi connectivity index (χ0) is 14.8. The summed E-state index contributed by atoms with van der Waals surface area (Å²) in [5.74, 6) is -0.255. The maximum Gasteiger partial charge on any atom is 0.306 e. The Morgan fingerprint density at radius 3 is 2.65 bits per heavy atom. The molecule has 1 N–H and O–H groups in total. The van der Waals surface area contributed by atoms with Gasteiger partial charge in [-0.2, -0.15) is 0 Å². The molecule has 1 atom stereocenters. The highest BCUT2D eigenvalue weighted by molar-refractivity contribution is 5.69. The summed E-state index contributed by atoms with van der Waals surface area (Å²) in [6, 6.07) is 0. The second kappa shape index (κ2) is 9.44. The summed E-state index contributed by atoms with van der Waals surface area (Å²) in [4.78, 5) is 10.8. The minimum Gasteiger partial charge on any atom is -0.481 e. The van der Waals surface area contributed by atoms with E-state index in [1.54, 1.807) is 11.6 Å². The number of aliphatic carboxylic acids is 1. The SMILES string of the molecule is CCCCCCCCc1nnnn1CCC(C)C(=O)O. The van der Waals surface area contributed by atoms with E-state index in [1.165, 1.54) is 32.1 Å². The molecule has 0 fully saturated rings. The van der Waals surface area contributed by atoms with Gasteiger partial charge in [0, 0.05) is 13.0 Å². The number of nitrogens with zero attached hydrogens (tertiary/aromatic N) is 4. The molecular formula is C14H26N4O2. The lowest BCUT2D eigenvalue weighted by atomic mass is 10.1. The number of carboxylic acid groups (broad SMARTS) is 1. The fraction of sp³-hybridized carbons (Fsp3) is 0.857. The van der Waals surface area contributed by atoms with Crippen LogP contribution in [-0.2, 0) is 17.8 Å². The van der Waals surface area contributed by atoms with Gasteiger partial charge in [-0.3, -0.25) is 4.79 Å². The molecule has 1 unspecified atom stereocenters. The van der Waals surface area contributed by atoms with Gasteiger partial charge in [0.25, 0.3) is 0 Å². The molecule has 0 aliphatic carbocycles. The molecule has 0 aliphatic heterocycles. The van der Waals surface area contributed by atoms with E-state index in [9.17, 15) is 4.79 Å². The van der Waals surface area contributed by atoms with Gasteiger partial charge in [0.1, 0.15) is 0 Å². The van der Waals surface area contributed by atoms with Crippen LogP contribution >= 0.6 is 0 Å². The Morgan fingerprint density at radius 2 is 1.95 bits per heavy atom. The highest BCUT2D eigenvalue weighted by Gasteiger charge is 2.13. The standard InChI is InChI=1S/C14H26N4O2/c1-3-4-5-6-7-8-9-13-15-16-17-18(13)11-10-12(2)14(19)20/h12H,3-11H2,1-2H3,(H,19,20). The summed E-state index contributed by atoms with van der Waals surface area (Å²) in [7, 11) is 0. The Balaban J connectivity index is 2.26. The quantitative estimate of drug-likeness (QED) is 0.631. The number of hydrogen-bond acceptors (Lipinski definition) is 4. The van der Waals surface area contributed by atoms with Crippen molar-refractivity contribution < 1.29 is 9.90 Å². The summed E-state index contributed by atoms with van der Waals surface area (Å²) in [5, 5.41) is 20.5. The van der Waals surface area contributed by atoms with Crippen molar-refractivity contribution in [2.24, 2.45) is 5.92 Å². The maximum atomic E-state index is 10.8. The Labute approximate surface area is 120 Å². The van der Waals surface area contributed by atoms with Gasteiger partial charge >= 0.3 is 5.97 Å². The molecule has 0 aliphatic rings. The van der Waals surface area contributed by atoms with Gasteiger partial charge < -0.3 is 5.11 Å². The van der Waals surface area contributed by atoms with Crippen LogP contribution in [0.5, 0.6) is 0 Å². The minimum absolute atomic E-state index is 0.360. The summed E-state index contributed by atoms with van der Waals surface area (Å²) in [6.45, 7) is 4.50. The largest absolute Gasteiger partial charge is 0.481 e. The number of rotatable bonds is 11. The highest BCUT2D eigenvalue weighted by atomic mass is 16.4. The molecular weight excluding hydrogens is 256 g/mol. The van der Waals surface area contributed by atoms with Crippen LogP contribution in [0.25, 0.3) is 0 Å². The molecule has 0 saturated carbocycles. The molecule has 6 heteroatoms. The predicted molar refractivity (Wildman–Crippen MR) is 76.3 cm³/mol. The van der Waals surface area contributed by atoms with Crippen LogP contribution in [0.3, 0.4) is 0 Å². The third-order valence-electron chi connectivity index (χ3n) is 3.56. The van der Waals surface area contributed by atoms with E-state index >= 15 is 0 Å². The first kappa shape index (κ1) is 16.6. The van der Waals surface area contributed by atoms with E-state index in [0.29, 0.717) is 13.0 Å². The van der Waals surface area contributed by atoms with Crippen molar-refractivity contribution in [3.8, 4) is 0 Å². The Kier molecular flexibility index (Phi) is 7.84. The molecule has 114 valence electrons. The molecule has 1 heterocycles. The van der Waals surface area contributed by atoms with Gasteiger partial charge in [-0.25, -0.2) is 4.68 Å². The molecule has 6 nitrogen and oxygen atoms in total. The molecule has 0 amide bonds. The van der Waals surface area contributed by atoms with Crippen LogP contribution in [-0.4, -0.2) is 31.3 Å². The zero-order valence-corrected chi connectivity index (χ0v) is 12.6. The van der Waals surface area contributed by atoms with Crippen LogP contribution in [0.1, 0.15) is 64.6 Å². The average molecular weight is 282 g/mol. The molecule has 1 aromatic rings. The predicted octanol–water partition coefficient (Wildman–Crippen LogP) is 2.69. The molecule has 0 radical (unpaired) electrons. The fourth-order valence-corrected chi connectivity index (χ4v) is 2.08. The number of aryl methyl sites for hydroxylation is 2. The topological polar surface area (TPSA) is 80.9 Å². The number of aromatic nitrogens is 4. The van der Waals surface area contributed by atoms with Crippen molar-refractivity contribution in [3.63, 3.8) is 0 Å². The third kappa shape index (κ3) is 6.12. The third-order valence-corrected chi connectivity index (χ3v) is 3.56. The maximum absolute atomic E-state index is 10.8. The summed E-state index contributed by atoms with van der Waals surface area (Å²) in [6.07, 6.45) is 8.88. The second-order valence-corrected chi connectivity index (χ2v) is 5.36. The lowest BCUT2D eigenvalue weighted by Crippen LogP contribution is -2.14. The highest BCUT2D eigenvalue weighted by Crippen LogP contribution is 2.09. The van der Waals surface area contributed by atoms with Crippen molar-refractivity contribution in [1.82, 2.24) is 20.2 Å².